The number of nitrogens with zero attached hydrogens (tertiary/aromatic N) is 1. The van der Waals surface area contributed by atoms with Gasteiger partial charge in [-0.15, -0.1) is 0 Å². The predicted molar refractivity (Wildman–Crippen MR) is 75.1 cm³/mol. The van der Waals surface area contributed by atoms with Gasteiger partial charge in [0.1, 0.15) is 5.82 Å². The maximum atomic E-state index is 13.6. The normalized spacial score (nSPS) is 10.2. The van der Waals surface area contributed by atoms with Crippen molar-refractivity contribution in [3.8, 4) is 0 Å². The lowest BCUT2D eigenvalue weighted by Gasteiger charge is -2.08. The van der Waals surface area contributed by atoms with Gasteiger partial charge in [-0.3, -0.25) is 14.9 Å². The van der Waals surface area contributed by atoms with Crippen LogP contribution >= 0.6 is 15.9 Å². The summed E-state index contributed by atoms with van der Waals surface area (Å²) in [6.07, 6.45) is 0. The number of hydrogen-bond acceptors (Lipinski definition) is 3. The summed E-state index contributed by atoms with van der Waals surface area (Å²) in [6, 6.07) is 6.44. The minimum absolute atomic E-state index is 0.0512. The number of non-ortho nitro benzene ring substituents is 1. The molecule has 0 atom stereocenters. The number of anilines is 1. The molecule has 1 N–H and O–H groups in total. The standard InChI is InChI=1S/C13H7BrF2N2O3/c14-10-5-8(15)6-11(16)12(10)17-13(19)7-1-3-9(4-2-7)18(20)21/h1-6H,(H,17,19). The molecular formula is C13H7BrF2N2O3. The summed E-state index contributed by atoms with van der Waals surface area (Å²) in [7, 11) is 0. The third kappa shape index (κ3) is 3.40. The van der Waals surface area contributed by atoms with Gasteiger partial charge >= 0.3 is 0 Å². The van der Waals surface area contributed by atoms with Crippen molar-refractivity contribution in [2.45, 2.75) is 0 Å². The Kier molecular flexibility index (Phi) is 4.27. The molecule has 0 bridgehead atoms. The fourth-order valence-electron chi connectivity index (χ4n) is 1.58. The molecule has 0 fully saturated rings. The molecule has 0 radical (unpaired) electrons. The second-order valence-corrected chi connectivity index (χ2v) is 4.86. The summed E-state index contributed by atoms with van der Waals surface area (Å²) in [6.45, 7) is 0. The van der Waals surface area contributed by atoms with Crippen LogP contribution in [0.1, 0.15) is 10.4 Å². The molecule has 5 nitrogen and oxygen atoms in total. The Labute approximate surface area is 125 Å². The Bertz CT molecular complexity index is 697. The first-order chi connectivity index (χ1) is 9.88. The topological polar surface area (TPSA) is 72.2 Å². The van der Waals surface area contributed by atoms with E-state index in [2.05, 4.69) is 21.2 Å². The number of carbonyl (C=O) groups is 1. The predicted octanol–water partition coefficient (Wildman–Crippen LogP) is 3.89. The number of benzene rings is 2. The fourth-order valence-corrected chi connectivity index (χ4v) is 2.09. The molecule has 2 aromatic rings. The lowest BCUT2D eigenvalue weighted by Crippen LogP contribution is -2.13. The molecule has 0 aliphatic carbocycles. The first kappa shape index (κ1) is 15.0. The zero-order valence-corrected chi connectivity index (χ0v) is 11.9. The summed E-state index contributed by atoms with van der Waals surface area (Å²) in [5, 5.41) is 12.8. The zero-order chi connectivity index (χ0) is 15.6. The van der Waals surface area contributed by atoms with E-state index in [1.165, 1.54) is 12.1 Å². The third-order valence-electron chi connectivity index (χ3n) is 2.59. The molecule has 0 heterocycles. The van der Waals surface area contributed by atoms with E-state index in [1.807, 2.05) is 0 Å². The zero-order valence-electron chi connectivity index (χ0n) is 10.3. The second kappa shape index (κ2) is 5.96. The quantitative estimate of drug-likeness (QED) is 0.669. The average Bonchev–Trinajstić information content (AvgIpc) is 2.42. The molecule has 0 saturated heterocycles. The van der Waals surface area contributed by atoms with E-state index in [1.54, 1.807) is 0 Å². The highest BCUT2D eigenvalue weighted by Gasteiger charge is 2.15. The molecule has 0 saturated carbocycles. The minimum Gasteiger partial charge on any atom is -0.319 e. The SMILES string of the molecule is O=C(Nc1c(F)cc(F)cc1Br)c1ccc([N+](=O)[O-])cc1. The smallest absolute Gasteiger partial charge is 0.269 e. The van der Waals surface area contributed by atoms with Crippen molar-refractivity contribution in [3.63, 3.8) is 0 Å². The van der Waals surface area contributed by atoms with Crippen LogP contribution in [0.3, 0.4) is 0 Å². The highest BCUT2D eigenvalue weighted by Crippen LogP contribution is 2.27. The van der Waals surface area contributed by atoms with Crippen molar-refractivity contribution < 1.29 is 18.5 Å². The summed E-state index contributed by atoms with van der Waals surface area (Å²) in [4.78, 5) is 21.8. The van der Waals surface area contributed by atoms with Gasteiger partial charge in [0.2, 0.25) is 0 Å². The van der Waals surface area contributed by atoms with Crippen LogP contribution in [0.4, 0.5) is 20.2 Å². The molecule has 2 rings (SSSR count). The second-order valence-electron chi connectivity index (χ2n) is 4.00. The maximum absolute atomic E-state index is 13.6. The summed E-state index contributed by atoms with van der Waals surface area (Å²) in [5.74, 6) is -2.39. The van der Waals surface area contributed by atoms with Gasteiger partial charge in [0, 0.05) is 28.2 Å². The third-order valence-corrected chi connectivity index (χ3v) is 3.21. The molecule has 0 aromatic heterocycles. The molecule has 0 aliphatic heterocycles. The Morgan fingerprint density at radius 1 is 1.19 bits per heavy atom. The van der Waals surface area contributed by atoms with E-state index < -0.39 is 22.5 Å². The number of carbonyl (C=O) groups excluding carboxylic acids is 1. The first-order valence-electron chi connectivity index (χ1n) is 5.59. The van der Waals surface area contributed by atoms with Gasteiger partial charge in [-0.25, -0.2) is 8.78 Å². The monoisotopic (exact) mass is 356 g/mol. The minimum atomic E-state index is -0.933. The Balaban J connectivity index is 2.24. The number of amides is 1. The lowest BCUT2D eigenvalue weighted by molar-refractivity contribution is -0.384. The van der Waals surface area contributed by atoms with Crippen LogP contribution in [-0.4, -0.2) is 10.8 Å². The van der Waals surface area contributed by atoms with Crippen LogP contribution in [0.5, 0.6) is 0 Å². The van der Waals surface area contributed by atoms with Gasteiger partial charge in [0.25, 0.3) is 11.6 Å². The number of nitro groups is 1. The van der Waals surface area contributed by atoms with Gasteiger partial charge in [-0.05, 0) is 34.1 Å². The number of nitro benzene ring substituents is 1. The van der Waals surface area contributed by atoms with Crippen molar-refractivity contribution in [2.24, 2.45) is 0 Å². The van der Waals surface area contributed by atoms with E-state index in [-0.39, 0.29) is 21.4 Å². The van der Waals surface area contributed by atoms with Crippen LogP contribution in [-0.2, 0) is 0 Å². The van der Waals surface area contributed by atoms with Gasteiger partial charge < -0.3 is 5.32 Å². The van der Waals surface area contributed by atoms with E-state index in [4.69, 9.17) is 0 Å². The van der Waals surface area contributed by atoms with Crippen LogP contribution in [0.2, 0.25) is 0 Å². The fraction of sp³-hybridized carbons (Fsp3) is 0. The summed E-state index contributed by atoms with van der Waals surface area (Å²) in [5.41, 5.74) is -0.267. The van der Waals surface area contributed by atoms with Crippen molar-refractivity contribution in [1.29, 1.82) is 0 Å². The molecule has 8 heteroatoms. The van der Waals surface area contributed by atoms with Gasteiger partial charge in [0.15, 0.2) is 5.82 Å². The van der Waals surface area contributed by atoms with E-state index in [0.717, 1.165) is 18.2 Å². The Hall–Kier alpha value is -2.35. The van der Waals surface area contributed by atoms with Crippen molar-refractivity contribution in [1.82, 2.24) is 0 Å². The largest absolute Gasteiger partial charge is 0.319 e. The average molecular weight is 357 g/mol. The molecule has 0 spiro atoms. The highest BCUT2D eigenvalue weighted by atomic mass is 79.9. The molecule has 21 heavy (non-hydrogen) atoms. The van der Waals surface area contributed by atoms with Crippen molar-refractivity contribution in [2.75, 3.05) is 5.32 Å². The number of hydrogen-bond donors (Lipinski definition) is 1. The van der Waals surface area contributed by atoms with Crippen molar-refractivity contribution >= 4 is 33.2 Å². The van der Waals surface area contributed by atoms with Gasteiger partial charge in [0.05, 0.1) is 10.6 Å². The number of nitrogens with one attached hydrogen (secondary N) is 1. The molecule has 1 amide bonds. The summed E-state index contributed by atoms with van der Waals surface area (Å²) >= 11 is 2.95. The van der Waals surface area contributed by atoms with E-state index in [0.29, 0.717) is 6.07 Å². The van der Waals surface area contributed by atoms with Crippen LogP contribution in [0.15, 0.2) is 40.9 Å². The summed E-state index contributed by atoms with van der Waals surface area (Å²) < 4.78 is 26.6. The van der Waals surface area contributed by atoms with Crippen LogP contribution in [0, 0.1) is 21.7 Å². The number of halogens is 3. The molecule has 2 aromatic carbocycles. The Morgan fingerprint density at radius 3 is 2.33 bits per heavy atom. The molecular weight excluding hydrogens is 350 g/mol. The molecule has 108 valence electrons. The maximum Gasteiger partial charge on any atom is 0.269 e. The first-order valence-corrected chi connectivity index (χ1v) is 6.38. The van der Waals surface area contributed by atoms with Crippen molar-refractivity contribution in [3.05, 3.63) is 68.2 Å². The lowest BCUT2D eigenvalue weighted by atomic mass is 10.2. The van der Waals surface area contributed by atoms with E-state index in [9.17, 15) is 23.7 Å². The van der Waals surface area contributed by atoms with Crippen LogP contribution < -0.4 is 5.32 Å². The number of rotatable bonds is 3. The highest BCUT2D eigenvalue weighted by molar-refractivity contribution is 9.10. The van der Waals surface area contributed by atoms with Gasteiger partial charge in [-0.1, -0.05) is 0 Å². The van der Waals surface area contributed by atoms with Gasteiger partial charge in [-0.2, -0.15) is 0 Å². The Morgan fingerprint density at radius 2 is 1.81 bits per heavy atom. The molecule has 0 unspecified atom stereocenters. The van der Waals surface area contributed by atoms with Crippen LogP contribution in [0.25, 0.3) is 0 Å². The molecule has 0 aliphatic rings. The van der Waals surface area contributed by atoms with E-state index >= 15 is 0 Å².